The molecule has 16 heavy (non-hydrogen) atoms. The van der Waals surface area contributed by atoms with Gasteiger partial charge in [-0.05, 0) is 12.1 Å². The maximum atomic E-state index is 12.0. The van der Waals surface area contributed by atoms with Crippen LogP contribution in [0.2, 0.25) is 0 Å². The van der Waals surface area contributed by atoms with Crippen molar-refractivity contribution in [2.75, 3.05) is 0 Å². The number of fused-ring (bicyclic) bond motifs is 1. The molecular formula is C9H5ClF3NO2. The van der Waals surface area contributed by atoms with Gasteiger partial charge in [0, 0.05) is 0 Å². The first kappa shape index (κ1) is 11.1. The standard InChI is InChI=1S/C9H5ClF3NO2/c10-4-7-14-5-2-1-3-6(8(5)15-7)16-9(11,12)13/h1-3H,4H2. The fourth-order valence-corrected chi connectivity index (χ4v) is 1.35. The zero-order chi connectivity index (χ0) is 11.8. The second-order valence-corrected chi connectivity index (χ2v) is 3.16. The highest BCUT2D eigenvalue weighted by atomic mass is 35.5. The molecule has 0 amide bonds. The average molecular weight is 252 g/mol. The fourth-order valence-electron chi connectivity index (χ4n) is 1.23. The molecule has 0 N–H and O–H groups in total. The number of aromatic nitrogens is 1. The Balaban J connectivity index is 2.48. The SMILES string of the molecule is FC(F)(F)Oc1cccc2nc(CCl)oc12. The lowest BCUT2D eigenvalue weighted by Crippen LogP contribution is -2.17. The van der Waals surface area contributed by atoms with E-state index in [-0.39, 0.29) is 22.9 Å². The molecule has 0 saturated carbocycles. The summed E-state index contributed by atoms with van der Waals surface area (Å²) in [6.45, 7) is 0. The second-order valence-electron chi connectivity index (χ2n) is 2.89. The third-order valence-corrected chi connectivity index (χ3v) is 1.99. The van der Waals surface area contributed by atoms with Crippen molar-refractivity contribution in [2.45, 2.75) is 12.2 Å². The molecule has 0 spiro atoms. The molecule has 0 radical (unpaired) electrons. The summed E-state index contributed by atoms with van der Waals surface area (Å²) in [5.74, 6) is -0.288. The number of ether oxygens (including phenoxy) is 1. The van der Waals surface area contributed by atoms with E-state index < -0.39 is 12.1 Å². The maximum Gasteiger partial charge on any atom is 0.573 e. The number of oxazole rings is 1. The number of benzene rings is 1. The number of nitrogens with zero attached hydrogens (tertiary/aromatic N) is 1. The average Bonchev–Trinajstić information content (AvgIpc) is 2.59. The molecule has 1 aromatic carbocycles. The smallest absolute Gasteiger partial charge is 0.435 e. The van der Waals surface area contributed by atoms with Crippen molar-refractivity contribution >= 4 is 22.7 Å². The molecule has 0 aliphatic carbocycles. The van der Waals surface area contributed by atoms with E-state index in [9.17, 15) is 13.2 Å². The van der Waals surface area contributed by atoms with Crippen molar-refractivity contribution in [2.24, 2.45) is 0 Å². The molecule has 2 aromatic rings. The molecule has 0 saturated heterocycles. The molecular weight excluding hydrogens is 247 g/mol. The minimum absolute atomic E-state index is 0.0138. The highest BCUT2D eigenvalue weighted by Gasteiger charge is 2.32. The Bertz CT molecular complexity index is 509. The molecule has 3 nitrogen and oxygen atoms in total. The minimum Gasteiger partial charge on any atom is -0.435 e. The molecule has 0 aliphatic rings. The maximum absolute atomic E-state index is 12.0. The Kier molecular flexibility index (Phi) is 2.67. The van der Waals surface area contributed by atoms with E-state index in [1.54, 1.807) is 0 Å². The monoisotopic (exact) mass is 251 g/mol. The van der Waals surface area contributed by atoms with Gasteiger partial charge in [-0.2, -0.15) is 0 Å². The van der Waals surface area contributed by atoms with Crippen LogP contribution in [0.5, 0.6) is 5.75 Å². The summed E-state index contributed by atoms with van der Waals surface area (Å²) in [6.07, 6.45) is -4.76. The van der Waals surface area contributed by atoms with E-state index in [4.69, 9.17) is 16.0 Å². The summed E-state index contributed by atoms with van der Waals surface area (Å²) < 4.78 is 45.0. The largest absolute Gasteiger partial charge is 0.573 e. The minimum atomic E-state index is -4.76. The topological polar surface area (TPSA) is 35.3 Å². The summed E-state index contributed by atoms with van der Waals surface area (Å²) in [5, 5.41) is 0. The Labute approximate surface area is 92.8 Å². The molecule has 0 fully saturated rings. The molecule has 0 unspecified atom stereocenters. The van der Waals surface area contributed by atoms with Crippen LogP contribution in [-0.4, -0.2) is 11.3 Å². The molecule has 1 heterocycles. The summed E-state index contributed by atoms with van der Waals surface area (Å²) in [7, 11) is 0. The molecule has 0 atom stereocenters. The highest BCUT2D eigenvalue weighted by Crippen LogP contribution is 2.31. The lowest BCUT2D eigenvalue weighted by Gasteiger charge is -2.07. The number of hydrogen-bond donors (Lipinski definition) is 0. The van der Waals surface area contributed by atoms with Crippen molar-refractivity contribution in [3.05, 3.63) is 24.1 Å². The zero-order valence-corrected chi connectivity index (χ0v) is 8.47. The molecule has 7 heteroatoms. The first-order valence-electron chi connectivity index (χ1n) is 4.20. The Morgan fingerprint density at radius 2 is 2.12 bits per heavy atom. The number of hydrogen-bond acceptors (Lipinski definition) is 3. The van der Waals surface area contributed by atoms with Gasteiger partial charge in [-0.3, -0.25) is 0 Å². The fraction of sp³-hybridized carbons (Fsp3) is 0.222. The lowest BCUT2D eigenvalue weighted by atomic mass is 10.3. The van der Waals surface area contributed by atoms with E-state index in [0.717, 1.165) is 6.07 Å². The van der Waals surface area contributed by atoms with Gasteiger partial charge in [0.2, 0.25) is 5.89 Å². The van der Waals surface area contributed by atoms with Gasteiger partial charge in [0.25, 0.3) is 0 Å². The van der Waals surface area contributed by atoms with E-state index in [1.165, 1.54) is 12.1 Å². The molecule has 2 rings (SSSR count). The van der Waals surface area contributed by atoms with Crippen molar-refractivity contribution in [1.82, 2.24) is 4.98 Å². The van der Waals surface area contributed by atoms with Crippen LogP contribution >= 0.6 is 11.6 Å². The first-order chi connectivity index (χ1) is 7.49. The van der Waals surface area contributed by atoms with E-state index >= 15 is 0 Å². The van der Waals surface area contributed by atoms with Crippen LogP contribution in [0.3, 0.4) is 0 Å². The summed E-state index contributed by atoms with van der Waals surface area (Å²) in [5.41, 5.74) is 0.216. The van der Waals surface area contributed by atoms with Crippen LogP contribution in [-0.2, 0) is 5.88 Å². The predicted octanol–water partition coefficient (Wildman–Crippen LogP) is 3.47. The number of alkyl halides is 4. The quantitative estimate of drug-likeness (QED) is 0.767. The van der Waals surface area contributed by atoms with Gasteiger partial charge in [-0.25, -0.2) is 4.98 Å². The zero-order valence-electron chi connectivity index (χ0n) is 7.71. The van der Waals surface area contributed by atoms with Crippen LogP contribution in [0.15, 0.2) is 22.6 Å². The molecule has 0 bridgehead atoms. The second kappa shape index (κ2) is 3.86. The van der Waals surface area contributed by atoms with Crippen LogP contribution in [0.1, 0.15) is 5.89 Å². The Hall–Kier alpha value is -1.43. The van der Waals surface area contributed by atoms with Crippen molar-refractivity contribution in [1.29, 1.82) is 0 Å². The summed E-state index contributed by atoms with van der Waals surface area (Å²) in [6, 6.07) is 4.06. The number of rotatable bonds is 2. The van der Waals surface area contributed by atoms with Crippen molar-refractivity contribution < 1.29 is 22.3 Å². The third-order valence-electron chi connectivity index (χ3n) is 1.76. The molecule has 1 aromatic heterocycles. The van der Waals surface area contributed by atoms with Gasteiger partial charge < -0.3 is 9.15 Å². The molecule has 0 aliphatic heterocycles. The van der Waals surface area contributed by atoms with Gasteiger partial charge >= 0.3 is 6.36 Å². The van der Waals surface area contributed by atoms with Crippen molar-refractivity contribution in [3.8, 4) is 5.75 Å². The van der Waals surface area contributed by atoms with Crippen LogP contribution in [0.4, 0.5) is 13.2 Å². The van der Waals surface area contributed by atoms with Gasteiger partial charge in [0.1, 0.15) is 5.52 Å². The van der Waals surface area contributed by atoms with Crippen molar-refractivity contribution in [3.63, 3.8) is 0 Å². The molecule has 86 valence electrons. The lowest BCUT2D eigenvalue weighted by molar-refractivity contribution is -0.274. The number of halogens is 4. The van der Waals surface area contributed by atoms with E-state index in [2.05, 4.69) is 9.72 Å². The van der Waals surface area contributed by atoms with E-state index in [0.29, 0.717) is 0 Å². The van der Waals surface area contributed by atoms with Gasteiger partial charge in [0.05, 0.1) is 5.88 Å². The Morgan fingerprint density at radius 1 is 1.38 bits per heavy atom. The first-order valence-corrected chi connectivity index (χ1v) is 4.73. The van der Waals surface area contributed by atoms with Crippen LogP contribution < -0.4 is 4.74 Å². The third kappa shape index (κ3) is 2.21. The number of para-hydroxylation sites is 1. The Morgan fingerprint density at radius 3 is 2.75 bits per heavy atom. The van der Waals surface area contributed by atoms with E-state index in [1.807, 2.05) is 0 Å². The summed E-state index contributed by atoms with van der Waals surface area (Å²) in [4.78, 5) is 3.88. The van der Waals surface area contributed by atoms with Gasteiger partial charge in [-0.1, -0.05) is 6.07 Å². The highest BCUT2D eigenvalue weighted by molar-refractivity contribution is 6.16. The predicted molar refractivity (Wildman–Crippen MR) is 50.2 cm³/mol. The van der Waals surface area contributed by atoms with Gasteiger partial charge in [0.15, 0.2) is 11.3 Å². The normalized spacial score (nSPS) is 12.0. The summed E-state index contributed by atoms with van der Waals surface area (Å²) >= 11 is 5.46. The van der Waals surface area contributed by atoms with Crippen LogP contribution in [0.25, 0.3) is 11.1 Å². The van der Waals surface area contributed by atoms with Gasteiger partial charge in [-0.15, -0.1) is 24.8 Å². The van der Waals surface area contributed by atoms with Crippen LogP contribution in [0, 0.1) is 0 Å².